The van der Waals surface area contributed by atoms with E-state index in [-0.39, 0.29) is 0 Å². The van der Waals surface area contributed by atoms with Crippen LogP contribution in [0, 0.1) is 6.54 Å². The number of ether oxygens (including phenoxy) is 2. The molecule has 0 amide bonds. The minimum absolute atomic E-state index is 0.369. The minimum Gasteiger partial charge on any atom is -0.494 e. The summed E-state index contributed by atoms with van der Waals surface area (Å²) in [6.07, 6.45) is 1.87. The van der Waals surface area contributed by atoms with E-state index in [2.05, 4.69) is 11.9 Å². The molecule has 0 saturated heterocycles. The number of nitrogens with zero attached hydrogens (tertiary/aromatic N) is 2. The third kappa shape index (κ3) is 2.41. The van der Waals surface area contributed by atoms with E-state index in [1.165, 1.54) is 7.11 Å². The second kappa shape index (κ2) is 5.81. The molecule has 20 heavy (non-hydrogen) atoms. The van der Waals surface area contributed by atoms with Gasteiger partial charge in [-0.1, -0.05) is 13.3 Å². The first-order valence-corrected chi connectivity index (χ1v) is 6.39. The first-order chi connectivity index (χ1) is 9.62. The maximum atomic E-state index is 11.6. The number of carbonyl (C=O) groups excluding carboxylic acids is 1. The third-order valence-corrected chi connectivity index (χ3v) is 3.02. The molecule has 2 N–H and O–H groups in total. The van der Waals surface area contributed by atoms with Crippen LogP contribution in [0.5, 0.6) is 5.75 Å². The van der Waals surface area contributed by atoms with Crippen LogP contribution < -0.4 is 10.5 Å². The number of rotatable bonds is 5. The van der Waals surface area contributed by atoms with Crippen molar-refractivity contribution in [3.05, 3.63) is 24.2 Å². The Bertz CT molecular complexity index is 634. The number of anilines is 1. The number of unbranched alkanes of at least 4 members (excludes halogenated alkanes) is 1. The van der Waals surface area contributed by atoms with Crippen LogP contribution in [-0.4, -0.2) is 29.7 Å². The fourth-order valence-electron chi connectivity index (χ4n) is 2.05. The molecule has 0 saturated carbocycles. The van der Waals surface area contributed by atoms with E-state index >= 15 is 0 Å². The number of carbonyl (C=O) groups is 1. The Morgan fingerprint density at radius 1 is 1.45 bits per heavy atom. The van der Waals surface area contributed by atoms with E-state index in [1.54, 1.807) is 23.8 Å². The Balaban J connectivity index is 2.61. The number of esters is 1. The van der Waals surface area contributed by atoms with Gasteiger partial charge in [0.1, 0.15) is 11.3 Å². The highest BCUT2D eigenvalue weighted by molar-refractivity contribution is 5.96. The number of nitrogen functional groups attached to an aromatic ring is 1. The summed E-state index contributed by atoms with van der Waals surface area (Å²) in [7, 11) is 2.88. The van der Waals surface area contributed by atoms with Gasteiger partial charge in [-0.3, -0.25) is 0 Å². The van der Waals surface area contributed by atoms with E-state index in [1.807, 2.05) is 6.54 Å². The van der Waals surface area contributed by atoms with Crippen molar-refractivity contribution in [3.8, 4) is 5.75 Å². The van der Waals surface area contributed by atoms with Crippen molar-refractivity contribution in [2.75, 3.05) is 20.0 Å². The molecule has 0 aliphatic carbocycles. The number of imidazole rings is 1. The molecule has 1 radical (unpaired) electrons. The van der Waals surface area contributed by atoms with Gasteiger partial charge in [-0.2, -0.15) is 0 Å². The molecule has 2 aromatic rings. The van der Waals surface area contributed by atoms with Gasteiger partial charge in [0.15, 0.2) is 0 Å². The average molecular weight is 276 g/mol. The maximum Gasteiger partial charge on any atom is 0.338 e. The molecule has 0 aliphatic rings. The largest absolute Gasteiger partial charge is 0.494 e. The van der Waals surface area contributed by atoms with Gasteiger partial charge in [-0.25, -0.2) is 9.78 Å². The Morgan fingerprint density at radius 2 is 2.20 bits per heavy atom. The zero-order valence-electron chi connectivity index (χ0n) is 11.8. The Morgan fingerprint density at radius 3 is 2.80 bits per heavy atom. The molecular formula is C14H18N3O3. The molecular weight excluding hydrogens is 258 g/mol. The number of hydrogen-bond donors (Lipinski definition) is 1. The lowest BCUT2D eigenvalue weighted by Gasteiger charge is -2.09. The summed E-state index contributed by atoms with van der Waals surface area (Å²) in [5.41, 5.74) is 7.67. The van der Waals surface area contributed by atoms with E-state index in [0.29, 0.717) is 22.8 Å². The minimum atomic E-state index is -0.434. The summed E-state index contributed by atoms with van der Waals surface area (Å²) >= 11 is 0. The predicted molar refractivity (Wildman–Crippen MR) is 76.6 cm³/mol. The van der Waals surface area contributed by atoms with Crippen molar-refractivity contribution in [1.82, 2.24) is 9.55 Å². The van der Waals surface area contributed by atoms with Gasteiger partial charge in [-0.15, -0.1) is 0 Å². The normalized spacial score (nSPS) is 10.8. The molecule has 6 nitrogen and oxygen atoms in total. The number of fused-ring (bicyclic) bond motifs is 1. The number of nitrogens with two attached hydrogens (primary N) is 1. The second-order valence-corrected chi connectivity index (χ2v) is 4.35. The number of aromatic nitrogens is 2. The van der Waals surface area contributed by atoms with Crippen molar-refractivity contribution in [3.63, 3.8) is 0 Å². The standard InChI is InChI=1S/C14H18N3O3/c1-4-5-6-17-12-10(16-14(17)15)7-9(13(18)20-3)8-11(12)19-2/h6-8H,4-5H2,1-3H3,(H2,15,16). The highest BCUT2D eigenvalue weighted by Gasteiger charge is 2.17. The molecule has 1 aromatic heterocycles. The summed E-state index contributed by atoms with van der Waals surface area (Å²) in [4.78, 5) is 15.9. The van der Waals surface area contributed by atoms with Gasteiger partial charge in [0.2, 0.25) is 5.95 Å². The number of methoxy groups -OCH3 is 2. The van der Waals surface area contributed by atoms with E-state index in [0.717, 1.165) is 18.4 Å². The van der Waals surface area contributed by atoms with Gasteiger partial charge < -0.3 is 19.8 Å². The highest BCUT2D eigenvalue weighted by atomic mass is 16.5. The van der Waals surface area contributed by atoms with Crippen LogP contribution in [0.2, 0.25) is 0 Å². The van der Waals surface area contributed by atoms with Crippen LogP contribution >= 0.6 is 0 Å². The molecule has 0 fully saturated rings. The van der Waals surface area contributed by atoms with Gasteiger partial charge in [0.05, 0.1) is 31.8 Å². The lowest BCUT2D eigenvalue weighted by atomic mass is 10.2. The van der Waals surface area contributed by atoms with Crippen molar-refractivity contribution in [2.45, 2.75) is 19.8 Å². The average Bonchev–Trinajstić information content (AvgIpc) is 2.78. The molecule has 0 unspecified atom stereocenters. The number of benzene rings is 1. The Labute approximate surface area is 117 Å². The van der Waals surface area contributed by atoms with Crippen LogP contribution in [0.1, 0.15) is 30.1 Å². The SMILES string of the molecule is CCC[CH]n1c(N)nc2cc(C(=O)OC)cc(OC)c21. The van der Waals surface area contributed by atoms with Gasteiger partial charge in [0.25, 0.3) is 0 Å². The smallest absolute Gasteiger partial charge is 0.338 e. The van der Waals surface area contributed by atoms with Crippen LogP contribution in [0.4, 0.5) is 5.95 Å². The molecule has 0 aliphatic heterocycles. The molecule has 0 spiro atoms. The summed E-state index contributed by atoms with van der Waals surface area (Å²) in [5.74, 6) is 0.476. The van der Waals surface area contributed by atoms with Crippen molar-refractivity contribution >= 4 is 23.0 Å². The van der Waals surface area contributed by atoms with Crippen LogP contribution in [0.25, 0.3) is 11.0 Å². The summed E-state index contributed by atoms with van der Waals surface area (Å²) in [6.45, 7) is 4.05. The molecule has 107 valence electrons. The Kier molecular flexibility index (Phi) is 4.12. The first-order valence-electron chi connectivity index (χ1n) is 6.39. The van der Waals surface area contributed by atoms with Crippen molar-refractivity contribution in [2.24, 2.45) is 0 Å². The molecule has 1 heterocycles. The van der Waals surface area contributed by atoms with Crippen LogP contribution in [-0.2, 0) is 4.74 Å². The predicted octanol–water partition coefficient (Wildman–Crippen LogP) is 2.22. The fourth-order valence-corrected chi connectivity index (χ4v) is 2.05. The van der Waals surface area contributed by atoms with Crippen LogP contribution in [0.15, 0.2) is 12.1 Å². The lowest BCUT2D eigenvalue weighted by molar-refractivity contribution is 0.0600. The zero-order valence-corrected chi connectivity index (χ0v) is 11.8. The molecule has 0 bridgehead atoms. The number of hydrogen-bond acceptors (Lipinski definition) is 5. The quantitative estimate of drug-likeness (QED) is 0.847. The zero-order chi connectivity index (χ0) is 14.7. The van der Waals surface area contributed by atoms with Gasteiger partial charge in [0, 0.05) is 0 Å². The maximum absolute atomic E-state index is 11.6. The van der Waals surface area contributed by atoms with Crippen molar-refractivity contribution < 1.29 is 14.3 Å². The Hall–Kier alpha value is -2.24. The summed E-state index contributed by atoms with van der Waals surface area (Å²) in [5, 5.41) is 0. The summed E-state index contributed by atoms with van der Waals surface area (Å²) in [6, 6.07) is 3.28. The van der Waals surface area contributed by atoms with Gasteiger partial charge >= 0.3 is 5.97 Å². The van der Waals surface area contributed by atoms with E-state index in [9.17, 15) is 4.79 Å². The first kappa shape index (κ1) is 14.2. The topological polar surface area (TPSA) is 79.4 Å². The molecule has 2 rings (SSSR count). The van der Waals surface area contributed by atoms with E-state index < -0.39 is 5.97 Å². The van der Waals surface area contributed by atoms with Crippen molar-refractivity contribution in [1.29, 1.82) is 0 Å². The summed E-state index contributed by atoms with van der Waals surface area (Å²) < 4.78 is 11.9. The highest BCUT2D eigenvalue weighted by Crippen LogP contribution is 2.30. The lowest BCUT2D eigenvalue weighted by Crippen LogP contribution is -2.04. The molecule has 6 heteroatoms. The van der Waals surface area contributed by atoms with Gasteiger partial charge in [-0.05, 0) is 18.6 Å². The second-order valence-electron chi connectivity index (χ2n) is 4.35. The monoisotopic (exact) mass is 276 g/mol. The molecule has 0 atom stereocenters. The van der Waals surface area contributed by atoms with Crippen LogP contribution in [0.3, 0.4) is 0 Å². The third-order valence-electron chi connectivity index (χ3n) is 3.02. The molecule has 1 aromatic carbocycles. The van der Waals surface area contributed by atoms with E-state index in [4.69, 9.17) is 15.2 Å². The fraction of sp³-hybridized carbons (Fsp3) is 0.357.